The predicted octanol–water partition coefficient (Wildman–Crippen LogP) is 2.62. The van der Waals surface area contributed by atoms with Crippen LogP contribution in [0.4, 0.5) is 14.5 Å². The molecule has 1 N–H and O–H groups in total. The van der Waals surface area contributed by atoms with Crippen LogP contribution in [0.2, 0.25) is 0 Å². The van der Waals surface area contributed by atoms with Crippen LogP contribution in [0, 0.1) is 17.0 Å². The van der Waals surface area contributed by atoms with E-state index in [0.717, 1.165) is 31.0 Å². The number of amides is 2. The lowest BCUT2D eigenvalue weighted by atomic mass is 9.79. The molecule has 0 spiro atoms. The largest absolute Gasteiger partial charge is 0.353 e. The lowest BCUT2D eigenvalue weighted by Gasteiger charge is -2.45. The van der Waals surface area contributed by atoms with E-state index in [9.17, 15) is 18.4 Å². The molecule has 2 amide bonds. The second-order valence-corrected chi connectivity index (χ2v) is 6.01. The highest BCUT2D eigenvalue weighted by atomic mass is 19.1. The summed E-state index contributed by atoms with van der Waals surface area (Å²) < 4.78 is 26.5. The molecular weight excluding hydrogens is 290 g/mol. The standard InChI is InChI=1S/C16H20F2N2O2/c1-4-5-10(2)19-14(21)16(3)9-20(15(16)22)13-7-11(17)6-12(18)8-13/h6-8,10H,4-5,9H2,1-3H3,(H,19,21)/t10-,16?/m0/s1. The highest BCUT2D eigenvalue weighted by Crippen LogP contribution is 2.36. The molecule has 1 aromatic rings. The van der Waals surface area contributed by atoms with Gasteiger partial charge in [0.05, 0.1) is 0 Å². The van der Waals surface area contributed by atoms with E-state index in [4.69, 9.17) is 0 Å². The van der Waals surface area contributed by atoms with E-state index in [1.54, 1.807) is 6.92 Å². The van der Waals surface area contributed by atoms with Crippen molar-refractivity contribution in [2.24, 2.45) is 5.41 Å². The number of nitrogens with zero attached hydrogens (tertiary/aromatic N) is 1. The number of carbonyl (C=O) groups excluding carboxylic acids is 2. The van der Waals surface area contributed by atoms with Crippen LogP contribution in [0.1, 0.15) is 33.6 Å². The maximum atomic E-state index is 13.2. The number of benzene rings is 1. The Morgan fingerprint density at radius 1 is 1.36 bits per heavy atom. The van der Waals surface area contributed by atoms with E-state index < -0.39 is 23.0 Å². The van der Waals surface area contributed by atoms with Crippen LogP contribution >= 0.6 is 0 Å². The molecule has 22 heavy (non-hydrogen) atoms. The third-order valence-corrected chi connectivity index (χ3v) is 3.95. The Labute approximate surface area is 128 Å². The molecule has 1 aliphatic rings. The fraction of sp³-hybridized carbons (Fsp3) is 0.500. The average Bonchev–Trinajstić information content (AvgIpc) is 2.42. The van der Waals surface area contributed by atoms with Crippen molar-refractivity contribution in [1.82, 2.24) is 5.32 Å². The lowest BCUT2D eigenvalue weighted by Crippen LogP contribution is -2.67. The summed E-state index contributed by atoms with van der Waals surface area (Å²) in [6.07, 6.45) is 1.76. The zero-order valence-corrected chi connectivity index (χ0v) is 13.0. The van der Waals surface area contributed by atoms with E-state index in [1.807, 2.05) is 13.8 Å². The molecule has 1 unspecified atom stereocenters. The Bertz CT molecular complexity index is 586. The van der Waals surface area contributed by atoms with E-state index in [-0.39, 0.29) is 24.2 Å². The minimum Gasteiger partial charge on any atom is -0.353 e. The topological polar surface area (TPSA) is 49.4 Å². The first-order valence-electron chi connectivity index (χ1n) is 7.37. The molecule has 2 rings (SSSR count). The average molecular weight is 310 g/mol. The van der Waals surface area contributed by atoms with Gasteiger partial charge in [0.15, 0.2) is 0 Å². The smallest absolute Gasteiger partial charge is 0.244 e. The van der Waals surface area contributed by atoms with Crippen molar-refractivity contribution in [2.45, 2.75) is 39.7 Å². The number of halogens is 2. The SMILES string of the molecule is CCC[C@H](C)NC(=O)C1(C)CN(c2cc(F)cc(F)c2)C1=O. The zero-order chi connectivity index (χ0) is 16.5. The number of rotatable bonds is 5. The minimum absolute atomic E-state index is 0.0113. The molecule has 1 saturated heterocycles. The van der Waals surface area contributed by atoms with Gasteiger partial charge in [-0.25, -0.2) is 8.78 Å². The van der Waals surface area contributed by atoms with Gasteiger partial charge in [-0.1, -0.05) is 13.3 Å². The first kappa shape index (κ1) is 16.4. The van der Waals surface area contributed by atoms with Gasteiger partial charge in [0.25, 0.3) is 0 Å². The fourth-order valence-electron chi connectivity index (χ4n) is 2.62. The van der Waals surface area contributed by atoms with Crippen LogP contribution in [-0.4, -0.2) is 24.4 Å². The second kappa shape index (κ2) is 6.02. The molecule has 6 heteroatoms. The number of hydrogen-bond donors (Lipinski definition) is 1. The summed E-state index contributed by atoms with van der Waals surface area (Å²) in [5, 5.41) is 2.81. The quantitative estimate of drug-likeness (QED) is 0.671. The minimum atomic E-state index is -1.18. The molecule has 0 saturated carbocycles. The molecule has 4 nitrogen and oxygen atoms in total. The van der Waals surface area contributed by atoms with Crippen LogP contribution in [0.15, 0.2) is 18.2 Å². The number of anilines is 1. The summed E-state index contributed by atoms with van der Waals surface area (Å²) in [4.78, 5) is 25.8. The fourth-order valence-corrected chi connectivity index (χ4v) is 2.62. The molecule has 0 bridgehead atoms. The second-order valence-electron chi connectivity index (χ2n) is 6.01. The normalized spacial score (nSPS) is 22.2. The maximum Gasteiger partial charge on any atom is 0.244 e. The molecule has 0 radical (unpaired) electrons. The number of hydrogen-bond acceptors (Lipinski definition) is 2. The molecule has 2 atom stereocenters. The van der Waals surface area contributed by atoms with E-state index in [2.05, 4.69) is 5.32 Å². The number of β-lactam (4-membered cyclic amide) rings is 1. The van der Waals surface area contributed by atoms with Gasteiger partial charge in [-0.2, -0.15) is 0 Å². The van der Waals surface area contributed by atoms with Crippen LogP contribution in [0.25, 0.3) is 0 Å². The molecule has 1 fully saturated rings. The van der Waals surface area contributed by atoms with Gasteiger partial charge in [0.2, 0.25) is 11.8 Å². The molecule has 1 aliphatic heterocycles. The third-order valence-electron chi connectivity index (χ3n) is 3.95. The summed E-state index contributed by atoms with van der Waals surface area (Å²) in [5.74, 6) is -2.29. The molecular formula is C16H20F2N2O2. The number of carbonyl (C=O) groups is 2. The molecule has 1 heterocycles. The van der Waals surface area contributed by atoms with Gasteiger partial charge in [0.1, 0.15) is 17.0 Å². The monoisotopic (exact) mass is 310 g/mol. The third kappa shape index (κ3) is 2.96. The molecule has 0 aliphatic carbocycles. The van der Waals surface area contributed by atoms with Crippen molar-refractivity contribution in [3.05, 3.63) is 29.8 Å². The zero-order valence-electron chi connectivity index (χ0n) is 13.0. The molecule has 120 valence electrons. The van der Waals surface area contributed by atoms with Crippen LogP contribution in [0.3, 0.4) is 0 Å². The van der Waals surface area contributed by atoms with Crippen molar-refractivity contribution in [1.29, 1.82) is 0 Å². The van der Waals surface area contributed by atoms with Gasteiger partial charge < -0.3 is 10.2 Å². The number of nitrogens with one attached hydrogen (secondary N) is 1. The van der Waals surface area contributed by atoms with Gasteiger partial charge >= 0.3 is 0 Å². The maximum absolute atomic E-state index is 13.2. The Balaban J connectivity index is 2.08. The lowest BCUT2D eigenvalue weighted by molar-refractivity contribution is -0.146. The summed E-state index contributed by atoms with van der Waals surface area (Å²) in [6, 6.07) is 2.89. The van der Waals surface area contributed by atoms with Crippen molar-refractivity contribution >= 4 is 17.5 Å². The summed E-state index contributed by atoms with van der Waals surface area (Å²) in [5.41, 5.74) is -1.04. The molecule has 0 aromatic heterocycles. The van der Waals surface area contributed by atoms with Gasteiger partial charge in [-0.15, -0.1) is 0 Å². The van der Waals surface area contributed by atoms with Crippen molar-refractivity contribution < 1.29 is 18.4 Å². The van der Waals surface area contributed by atoms with E-state index in [0.29, 0.717) is 0 Å². The molecule has 1 aromatic carbocycles. The summed E-state index contributed by atoms with van der Waals surface area (Å²) in [7, 11) is 0. The Kier molecular flexibility index (Phi) is 4.49. The van der Waals surface area contributed by atoms with Gasteiger partial charge in [-0.3, -0.25) is 9.59 Å². The van der Waals surface area contributed by atoms with Gasteiger partial charge in [-0.05, 0) is 32.4 Å². The Morgan fingerprint density at radius 3 is 2.45 bits per heavy atom. The summed E-state index contributed by atoms with van der Waals surface area (Å²) in [6.45, 7) is 5.56. The summed E-state index contributed by atoms with van der Waals surface area (Å²) >= 11 is 0. The van der Waals surface area contributed by atoms with Crippen molar-refractivity contribution in [3.63, 3.8) is 0 Å². The predicted molar refractivity (Wildman–Crippen MR) is 79.3 cm³/mol. The Hall–Kier alpha value is -1.98. The van der Waals surface area contributed by atoms with Crippen molar-refractivity contribution in [3.8, 4) is 0 Å². The highest BCUT2D eigenvalue weighted by molar-refractivity contribution is 6.17. The first-order chi connectivity index (χ1) is 10.3. The van der Waals surface area contributed by atoms with Crippen molar-refractivity contribution in [2.75, 3.05) is 11.4 Å². The highest BCUT2D eigenvalue weighted by Gasteiger charge is 2.54. The first-order valence-corrected chi connectivity index (χ1v) is 7.37. The Morgan fingerprint density at radius 2 is 1.95 bits per heavy atom. The van der Waals surface area contributed by atoms with Gasteiger partial charge in [0, 0.05) is 24.3 Å². The van der Waals surface area contributed by atoms with Crippen LogP contribution in [-0.2, 0) is 9.59 Å². The van der Waals surface area contributed by atoms with E-state index >= 15 is 0 Å². The van der Waals surface area contributed by atoms with E-state index in [1.165, 1.54) is 4.90 Å². The van der Waals surface area contributed by atoms with Crippen LogP contribution < -0.4 is 10.2 Å². The van der Waals surface area contributed by atoms with Crippen LogP contribution in [0.5, 0.6) is 0 Å².